The normalized spacial score (nSPS) is 11.6. The molecule has 1 heterocycles. The highest BCUT2D eigenvalue weighted by Gasteiger charge is 2.23. The first-order valence-electron chi connectivity index (χ1n) is 7.96. The lowest BCUT2D eigenvalue weighted by Crippen LogP contribution is -2.30. The van der Waals surface area contributed by atoms with Gasteiger partial charge in [0.1, 0.15) is 11.8 Å². The third-order valence-corrected chi connectivity index (χ3v) is 4.07. The van der Waals surface area contributed by atoms with Crippen molar-refractivity contribution in [2.24, 2.45) is 0 Å². The smallest absolute Gasteiger partial charge is 0.326 e. The van der Waals surface area contributed by atoms with Crippen LogP contribution < -0.4 is 10.3 Å². The highest BCUT2D eigenvalue weighted by molar-refractivity contribution is 5.76. The summed E-state index contributed by atoms with van der Waals surface area (Å²) in [6.45, 7) is 2.08. The van der Waals surface area contributed by atoms with Crippen LogP contribution >= 0.6 is 0 Å². The first kappa shape index (κ1) is 19.2. The van der Waals surface area contributed by atoms with Crippen LogP contribution in [0.5, 0.6) is 5.75 Å². The first-order valence-corrected chi connectivity index (χ1v) is 7.96. The second-order valence-electron chi connectivity index (χ2n) is 5.80. The number of hydrogen-bond donors (Lipinski definition) is 1. The molecule has 0 radical (unpaired) electrons. The lowest BCUT2D eigenvalue weighted by Gasteiger charge is -2.18. The molecule has 1 atom stereocenters. The van der Waals surface area contributed by atoms with E-state index >= 15 is 0 Å². The molecule has 0 aliphatic carbocycles. The zero-order valence-corrected chi connectivity index (χ0v) is 14.9. The van der Waals surface area contributed by atoms with E-state index in [9.17, 15) is 20.0 Å². The summed E-state index contributed by atoms with van der Waals surface area (Å²) in [6.07, 6.45) is 1.51. The number of hydrogen-bond acceptors (Lipinski definition) is 5. The number of benzene rings is 1. The summed E-state index contributed by atoms with van der Waals surface area (Å²) in [5.41, 5.74) is 1.85. The number of aliphatic carboxylic acids is 1. The third kappa shape index (κ3) is 3.92. The maximum atomic E-state index is 12.6. The van der Waals surface area contributed by atoms with Gasteiger partial charge in [-0.15, -0.1) is 0 Å². The van der Waals surface area contributed by atoms with E-state index in [0.29, 0.717) is 22.4 Å². The molecule has 1 aromatic carbocycles. The summed E-state index contributed by atoms with van der Waals surface area (Å²) in [5.74, 6) is -0.817. The first-order chi connectivity index (χ1) is 12.4. The number of carboxylic acids is 1. The van der Waals surface area contributed by atoms with E-state index in [1.54, 1.807) is 18.2 Å². The highest BCUT2D eigenvalue weighted by Crippen LogP contribution is 2.32. The maximum absolute atomic E-state index is 12.6. The Balaban J connectivity index is 2.65. The predicted molar refractivity (Wildman–Crippen MR) is 95.3 cm³/mol. The Labute approximate surface area is 151 Å². The van der Waals surface area contributed by atoms with Gasteiger partial charge in [-0.25, -0.2) is 4.79 Å². The molecule has 1 N–H and O–H groups in total. The number of nitrogens with zero attached hydrogens (tertiary/aromatic N) is 2. The molecular weight excluding hydrogens is 336 g/mol. The van der Waals surface area contributed by atoms with Crippen molar-refractivity contribution in [1.82, 2.24) is 4.57 Å². The summed E-state index contributed by atoms with van der Waals surface area (Å²) < 4.78 is 11.4. The topological polar surface area (TPSA) is 102 Å². The summed E-state index contributed by atoms with van der Waals surface area (Å²) >= 11 is 0. The van der Waals surface area contributed by atoms with Crippen molar-refractivity contribution in [2.45, 2.75) is 19.4 Å². The van der Waals surface area contributed by atoms with Crippen LogP contribution in [0.15, 0.2) is 35.3 Å². The van der Waals surface area contributed by atoms with Gasteiger partial charge in [0, 0.05) is 37.3 Å². The molecule has 0 fully saturated rings. The fourth-order valence-electron chi connectivity index (χ4n) is 2.73. The molecule has 0 bridgehead atoms. The molecular formula is C19H20N2O5. The number of carboxylic acid groups (broad SMARTS) is 1. The van der Waals surface area contributed by atoms with Gasteiger partial charge in [-0.2, -0.15) is 5.26 Å². The largest absolute Gasteiger partial charge is 0.495 e. The molecule has 0 saturated heterocycles. The molecule has 2 aromatic rings. The van der Waals surface area contributed by atoms with Crippen molar-refractivity contribution in [3.05, 3.63) is 51.9 Å². The minimum atomic E-state index is -1.13. The van der Waals surface area contributed by atoms with E-state index in [1.807, 2.05) is 6.92 Å². The fourth-order valence-corrected chi connectivity index (χ4v) is 2.73. The van der Waals surface area contributed by atoms with Gasteiger partial charge in [0.25, 0.3) is 5.56 Å². The molecule has 0 amide bonds. The van der Waals surface area contributed by atoms with Gasteiger partial charge in [-0.3, -0.25) is 9.36 Å². The molecule has 7 nitrogen and oxygen atoms in total. The molecule has 1 unspecified atom stereocenters. The molecule has 0 aliphatic rings. The SMILES string of the molecule is COCCC(C(=O)O)n1cc(OC)c(-c2cc(C)ccc2C#N)cc1=O. The second-order valence-corrected chi connectivity index (χ2v) is 5.80. The van der Waals surface area contributed by atoms with Gasteiger partial charge >= 0.3 is 5.97 Å². The number of methoxy groups -OCH3 is 2. The molecule has 0 aliphatic heterocycles. The Hall–Kier alpha value is -3.11. The monoisotopic (exact) mass is 356 g/mol. The summed E-state index contributed by atoms with van der Waals surface area (Å²) in [5, 5.41) is 18.8. The lowest BCUT2D eigenvalue weighted by atomic mass is 9.98. The van der Waals surface area contributed by atoms with Crippen molar-refractivity contribution in [3.63, 3.8) is 0 Å². The fraction of sp³-hybridized carbons (Fsp3) is 0.316. The van der Waals surface area contributed by atoms with Crippen LogP contribution in [-0.2, 0) is 9.53 Å². The Morgan fingerprint density at radius 3 is 2.62 bits per heavy atom. The number of aromatic nitrogens is 1. The van der Waals surface area contributed by atoms with Crippen molar-refractivity contribution in [2.75, 3.05) is 20.8 Å². The molecule has 1 aromatic heterocycles. The molecule has 0 saturated carbocycles. The van der Waals surface area contributed by atoms with E-state index in [-0.39, 0.29) is 13.0 Å². The summed E-state index contributed by atoms with van der Waals surface area (Å²) in [6, 6.07) is 7.61. The second kappa shape index (κ2) is 8.32. The minimum Gasteiger partial charge on any atom is -0.495 e. The molecule has 2 rings (SSSR count). The number of ether oxygens (including phenoxy) is 2. The molecule has 136 valence electrons. The average molecular weight is 356 g/mol. The zero-order valence-electron chi connectivity index (χ0n) is 14.9. The number of rotatable bonds is 7. The minimum absolute atomic E-state index is 0.141. The van der Waals surface area contributed by atoms with E-state index in [0.717, 1.165) is 10.1 Å². The number of nitriles is 1. The Bertz CT molecular complexity index is 911. The summed E-state index contributed by atoms with van der Waals surface area (Å²) in [7, 11) is 2.90. The predicted octanol–water partition coefficient (Wildman–Crippen LogP) is 2.37. The van der Waals surface area contributed by atoms with Gasteiger partial charge in [0.15, 0.2) is 0 Å². The van der Waals surface area contributed by atoms with Crippen molar-refractivity contribution in [1.29, 1.82) is 5.26 Å². The number of carbonyl (C=O) groups is 1. The Kier molecular flexibility index (Phi) is 6.15. The van der Waals surface area contributed by atoms with Crippen LogP contribution in [0.2, 0.25) is 0 Å². The van der Waals surface area contributed by atoms with Crippen molar-refractivity contribution < 1.29 is 19.4 Å². The van der Waals surface area contributed by atoms with Gasteiger partial charge in [0.2, 0.25) is 0 Å². The molecule has 7 heteroatoms. The zero-order chi connectivity index (χ0) is 19.3. The Morgan fingerprint density at radius 2 is 2.04 bits per heavy atom. The van der Waals surface area contributed by atoms with Crippen LogP contribution in [0.25, 0.3) is 11.1 Å². The molecule has 26 heavy (non-hydrogen) atoms. The van der Waals surface area contributed by atoms with Crippen molar-refractivity contribution in [3.8, 4) is 22.9 Å². The summed E-state index contributed by atoms with van der Waals surface area (Å²) in [4.78, 5) is 24.2. The van der Waals surface area contributed by atoms with E-state index < -0.39 is 17.6 Å². The van der Waals surface area contributed by atoms with E-state index in [4.69, 9.17) is 9.47 Å². The van der Waals surface area contributed by atoms with Crippen LogP contribution in [0.1, 0.15) is 23.6 Å². The molecule has 0 spiro atoms. The van der Waals surface area contributed by atoms with Crippen LogP contribution in [0.4, 0.5) is 0 Å². The van der Waals surface area contributed by atoms with Gasteiger partial charge in [0.05, 0.1) is 24.9 Å². The van der Waals surface area contributed by atoms with E-state index in [2.05, 4.69) is 6.07 Å². The quantitative estimate of drug-likeness (QED) is 0.817. The maximum Gasteiger partial charge on any atom is 0.326 e. The number of aryl methyl sites for hydroxylation is 1. The average Bonchev–Trinajstić information content (AvgIpc) is 2.62. The third-order valence-electron chi connectivity index (χ3n) is 4.07. The van der Waals surface area contributed by atoms with Crippen molar-refractivity contribution >= 4 is 5.97 Å². The number of pyridine rings is 1. The highest BCUT2D eigenvalue weighted by atomic mass is 16.5. The van der Waals surface area contributed by atoms with Crippen LogP contribution in [-0.4, -0.2) is 36.5 Å². The van der Waals surface area contributed by atoms with Crippen LogP contribution in [0, 0.1) is 18.3 Å². The van der Waals surface area contributed by atoms with Crippen LogP contribution in [0.3, 0.4) is 0 Å². The van der Waals surface area contributed by atoms with Gasteiger partial charge in [-0.1, -0.05) is 11.6 Å². The lowest BCUT2D eigenvalue weighted by molar-refractivity contribution is -0.141. The Morgan fingerprint density at radius 1 is 1.31 bits per heavy atom. The van der Waals surface area contributed by atoms with Gasteiger partial charge in [-0.05, 0) is 19.1 Å². The standard InChI is InChI=1S/C19H20N2O5/c1-12-4-5-13(10-20)14(8-12)15-9-18(22)21(11-17(15)26-3)16(19(23)24)6-7-25-2/h4-5,8-9,11,16H,6-7H2,1-3H3,(H,23,24). The van der Waals surface area contributed by atoms with Gasteiger partial charge < -0.3 is 14.6 Å². The van der Waals surface area contributed by atoms with E-state index in [1.165, 1.54) is 26.5 Å².